The summed E-state index contributed by atoms with van der Waals surface area (Å²) < 4.78 is 0. The van der Waals surface area contributed by atoms with Crippen LogP contribution in [-0.2, 0) is 0 Å². The number of carbonyl (C=O) groups excluding carboxylic acids is 1. The van der Waals surface area contributed by atoms with E-state index in [0.29, 0.717) is 10.6 Å². The number of carbonyl (C=O) groups is 1. The maximum Gasteiger partial charge on any atom is 0.194 e. The molecule has 1 aromatic carbocycles. The van der Waals surface area contributed by atoms with Crippen molar-refractivity contribution < 1.29 is 4.79 Å². The predicted octanol–water partition coefficient (Wildman–Crippen LogP) is 3.94. The van der Waals surface area contributed by atoms with Crippen LogP contribution in [0.15, 0.2) is 35.0 Å². The van der Waals surface area contributed by atoms with Gasteiger partial charge < -0.3 is 0 Å². The Balaban J connectivity index is 2.41. The lowest BCUT2D eigenvalue weighted by Crippen LogP contribution is -2.00. The molecule has 0 saturated carbocycles. The fourth-order valence-corrected chi connectivity index (χ4v) is 2.40. The van der Waals surface area contributed by atoms with Gasteiger partial charge in [-0.2, -0.15) is 11.3 Å². The number of halogens is 1. The molecule has 0 aliphatic heterocycles. The quantitative estimate of drug-likeness (QED) is 0.722. The van der Waals surface area contributed by atoms with Gasteiger partial charge in [0.2, 0.25) is 0 Å². The Morgan fingerprint density at radius 2 is 2.13 bits per heavy atom. The van der Waals surface area contributed by atoms with Crippen molar-refractivity contribution in [2.24, 2.45) is 0 Å². The zero-order chi connectivity index (χ0) is 10.8. The van der Waals surface area contributed by atoms with Gasteiger partial charge in [0.15, 0.2) is 5.78 Å². The third-order valence-corrected chi connectivity index (χ3v) is 3.28. The summed E-state index contributed by atoms with van der Waals surface area (Å²) in [5.74, 6) is 0.0382. The summed E-state index contributed by atoms with van der Waals surface area (Å²) in [6, 6.07) is 7.03. The van der Waals surface area contributed by atoms with Crippen molar-refractivity contribution in [2.75, 3.05) is 0 Å². The Morgan fingerprint density at radius 3 is 2.73 bits per heavy atom. The second kappa shape index (κ2) is 4.17. The molecule has 2 rings (SSSR count). The van der Waals surface area contributed by atoms with Crippen LogP contribution in [0.1, 0.15) is 21.5 Å². The van der Waals surface area contributed by atoms with Crippen molar-refractivity contribution in [2.45, 2.75) is 6.92 Å². The molecule has 76 valence electrons. The van der Waals surface area contributed by atoms with E-state index < -0.39 is 0 Å². The first-order chi connectivity index (χ1) is 7.18. The van der Waals surface area contributed by atoms with Crippen LogP contribution in [-0.4, -0.2) is 5.78 Å². The summed E-state index contributed by atoms with van der Waals surface area (Å²) in [6.45, 7) is 1.94. The van der Waals surface area contributed by atoms with Crippen molar-refractivity contribution in [1.82, 2.24) is 0 Å². The van der Waals surface area contributed by atoms with E-state index in [1.807, 2.05) is 17.7 Å². The minimum Gasteiger partial charge on any atom is -0.289 e. The minimum atomic E-state index is 0.0382. The van der Waals surface area contributed by atoms with Gasteiger partial charge in [-0.3, -0.25) is 4.79 Å². The molecule has 0 unspecified atom stereocenters. The monoisotopic (exact) mass is 236 g/mol. The van der Waals surface area contributed by atoms with Gasteiger partial charge in [-0.1, -0.05) is 23.7 Å². The van der Waals surface area contributed by atoms with Crippen LogP contribution in [0.3, 0.4) is 0 Å². The van der Waals surface area contributed by atoms with E-state index in [4.69, 9.17) is 11.6 Å². The van der Waals surface area contributed by atoms with Gasteiger partial charge in [-0.05, 0) is 30.0 Å². The highest BCUT2D eigenvalue weighted by molar-refractivity contribution is 7.08. The topological polar surface area (TPSA) is 17.1 Å². The van der Waals surface area contributed by atoms with Gasteiger partial charge in [0.1, 0.15) is 0 Å². The summed E-state index contributed by atoms with van der Waals surface area (Å²) in [4.78, 5) is 12.0. The van der Waals surface area contributed by atoms with Crippen molar-refractivity contribution in [1.29, 1.82) is 0 Å². The van der Waals surface area contributed by atoms with E-state index >= 15 is 0 Å². The third-order valence-electron chi connectivity index (χ3n) is 2.19. The second-order valence-corrected chi connectivity index (χ2v) is 4.49. The normalized spacial score (nSPS) is 10.3. The van der Waals surface area contributed by atoms with Crippen LogP contribution in [0, 0.1) is 6.92 Å². The maximum absolute atomic E-state index is 12.0. The molecule has 15 heavy (non-hydrogen) atoms. The van der Waals surface area contributed by atoms with E-state index in [2.05, 4.69) is 0 Å². The van der Waals surface area contributed by atoms with Gasteiger partial charge in [0, 0.05) is 21.5 Å². The molecule has 0 aliphatic rings. The molecule has 3 heteroatoms. The van der Waals surface area contributed by atoms with Crippen molar-refractivity contribution in [3.8, 4) is 0 Å². The number of ketones is 1. The van der Waals surface area contributed by atoms with E-state index in [1.165, 1.54) is 11.3 Å². The average Bonchev–Trinajstić information content (AvgIpc) is 2.63. The predicted molar refractivity (Wildman–Crippen MR) is 63.9 cm³/mol. The van der Waals surface area contributed by atoms with Gasteiger partial charge in [0.25, 0.3) is 0 Å². The number of benzene rings is 1. The minimum absolute atomic E-state index is 0.0382. The molecule has 0 atom stereocenters. The van der Waals surface area contributed by atoms with E-state index in [1.54, 1.807) is 24.3 Å². The highest BCUT2D eigenvalue weighted by atomic mass is 35.5. The molecule has 1 heterocycles. The maximum atomic E-state index is 12.0. The lowest BCUT2D eigenvalue weighted by Gasteiger charge is -2.00. The Bertz CT molecular complexity index is 502. The summed E-state index contributed by atoms with van der Waals surface area (Å²) in [5.41, 5.74) is 2.43. The third kappa shape index (κ3) is 2.11. The number of hydrogen-bond acceptors (Lipinski definition) is 2. The number of hydrogen-bond donors (Lipinski definition) is 0. The first-order valence-electron chi connectivity index (χ1n) is 4.51. The van der Waals surface area contributed by atoms with Crippen LogP contribution in [0.2, 0.25) is 5.02 Å². The van der Waals surface area contributed by atoms with Crippen LogP contribution < -0.4 is 0 Å². The first kappa shape index (κ1) is 10.4. The molecular formula is C12H9ClOS. The number of rotatable bonds is 2. The molecule has 2 aromatic rings. The highest BCUT2D eigenvalue weighted by Crippen LogP contribution is 2.19. The Morgan fingerprint density at radius 1 is 1.33 bits per heavy atom. The fraction of sp³-hybridized carbons (Fsp3) is 0.0833. The van der Waals surface area contributed by atoms with E-state index in [-0.39, 0.29) is 5.78 Å². The van der Waals surface area contributed by atoms with Crippen LogP contribution >= 0.6 is 22.9 Å². The molecule has 0 spiro atoms. The Hall–Kier alpha value is -1.12. The van der Waals surface area contributed by atoms with Gasteiger partial charge in [0.05, 0.1) is 0 Å². The fourth-order valence-electron chi connectivity index (χ4n) is 1.38. The van der Waals surface area contributed by atoms with Gasteiger partial charge in [-0.25, -0.2) is 0 Å². The van der Waals surface area contributed by atoms with Crippen molar-refractivity contribution in [3.63, 3.8) is 0 Å². The molecule has 0 saturated heterocycles. The lowest BCUT2D eigenvalue weighted by atomic mass is 10.0. The molecule has 1 aromatic heterocycles. The smallest absolute Gasteiger partial charge is 0.194 e. The number of aryl methyl sites for hydroxylation is 1. The number of thiophene rings is 1. The van der Waals surface area contributed by atoms with Crippen LogP contribution in [0.4, 0.5) is 0 Å². The molecule has 0 aliphatic carbocycles. The molecule has 1 nitrogen and oxygen atoms in total. The van der Waals surface area contributed by atoms with E-state index in [0.717, 1.165) is 11.1 Å². The summed E-state index contributed by atoms with van der Waals surface area (Å²) in [6.07, 6.45) is 0. The molecule has 0 fully saturated rings. The van der Waals surface area contributed by atoms with Crippen molar-refractivity contribution in [3.05, 3.63) is 56.7 Å². The van der Waals surface area contributed by atoms with Crippen LogP contribution in [0.5, 0.6) is 0 Å². The Kier molecular flexibility index (Phi) is 2.89. The average molecular weight is 237 g/mol. The summed E-state index contributed by atoms with van der Waals surface area (Å²) in [5, 5.41) is 4.44. The van der Waals surface area contributed by atoms with Crippen LogP contribution in [0.25, 0.3) is 0 Å². The highest BCUT2D eigenvalue weighted by Gasteiger charge is 2.12. The largest absolute Gasteiger partial charge is 0.289 e. The molecule has 0 radical (unpaired) electrons. The second-order valence-electron chi connectivity index (χ2n) is 3.31. The lowest BCUT2D eigenvalue weighted by molar-refractivity contribution is 0.103. The molecule has 0 bridgehead atoms. The molecule has 0 N–H and O–H groups in total. The van der Waals surface area contributed by atoms with Gasteiger partial charge >= 0.3 is 0 Å². The van der Waals surface area contributed by atoms with Crippen molar-refractivity contribution >= 4 is 28.7 Å². The SMILES string of the molecule is Cc1cscc1C(=O)c1cccc(Cl)c1. The first-order valence-corrected chi connectivity index (χ1v) is 5.83. The van der Waals surface area contributed by atoms with E-state index in [9.17, 15) is 4.79 Å². The molecule has 0 amide bonds. The zero-order valence-corrected chi connectivity index (χ0v) is 9.73. The zero-order valence-electron chi connectivity index (χ0n) is 8.16. The summed E-state index contributed by atoms with van der Waals surface area (Å²) >= 11 is 7.38. The molecular weight excluding hydrogens is 228 g/mol. The Labute approximate surface area is 97.3 Å². The van der Waals surface area contributed by atoms with Gasteiger partial charge in [-0.15, -0.1) is 0 Å². The standard InChI is InChI=1S/C12H9ClOS/c1-8-6-15-7-11(8)12(14)9-3-2-4-10(13)5-9/h2-7H,1H3. The summed E-state index contributed by atoms with van der Waals surface area (Å²) in [7, 11) is 0.